The number of halogens is 1. The Bertz CT molecular complexity index is 589. The van der Waals surface area contributed by atoms with Crippen LogP contribution >= 0.6 is 0 Å². The van der Waals surface area contributed by atoms with Crippen LogP contribution in [0.4, 0.5) is 4.39 Å². The van der Waals surface area contributed by atoms with Crippen LogP contribution in [0.1, 0.15) is 39.0 Å². The van der Waals surface area contributed by atoms with Crippen LogP contribution in [-0.4, -0.2) is 72.2 Å². The summed E-state index contributed by atoms with van der Waals surface area (Å²) >= 11 is 0. The zero-order valence-electron chi connectivity index (χ0n) is 13.9. The molecule has 1 amide bonds. The molecule has 0 spiro atoms. The van der Waals surface area contributed by atoms with Crippen LogP contribution in [0, 0.1) is 5.92 Å². The molecule has 1 atom stereocenters. The minimum Gasteiger partial charge on any atom is -0.479 e. The van der Waals surface area contributed by atoms with Crippen molar-refractivity contribution in [3.63, 3.8) is 0 Å². The van der Waals surface area contributed by atoms with E-state index in [0.29, 0.717) is 19.3 Å². The van der Waals surface area contributed by atoms with Crippen LogP contribution in [0.2, 0.25) is 0 Å². The molecule has 2 rings (SSSR count). The molecule has 2 saturated heterocycles. The zero-order chi connectivity index (χ0) is 18.0. The summed E-state index contributed by atoms with van der Waals surface area (Å²) in [6, 6.07) is 0. The second-order valence-corrected chi connectivity index (χ2v) is 8.71. The SMILES string of the molecule is CCCCS(=O)(=O)N1CCC(C(=O)N2CCC(F)(C(=O)O)C2)CC1. The first-order valence-electron chi connectivity index (χ1n) is 8.38. The molecule has 9 heteroatoms. The van der Waals surface area contributed by atoms with Crippen molar-refractivity contribution in [2.24, 2.45) is 5.92 Å². The molecular weight excluding hydrogens is 339 g/mol. The van der Waals surface area contributed by atoms with Gasteiger partial charge >= 0.3 is 5.97 Å². The molecular formula is C15H25FN2O5S. The standard InChI is InChI=1S/C15H25FN2O5S/c1-2-3-10-24(22,23)18-7-4-12(5-8-18)13(19)17-9-6-15(16,11-17)14(20)21/h12H,2-11H2,1H3,(H,20,21). The van der Waals surface area contributed by atoms with Gasteiger partial charge in [0.25, 0.3) is 0 Å². The lowest BCUT2D eigenvalue weighted by atomic mass is 9.96. The van der Waals surface area contributed by atoms with Gasteiger partial charge in [-0.25, -0.2) is 21.9 Å². The second kappa shape index (κ2) is 7.35. The van der Waals surface area contributed by atoms with Crippen molar-refractivity contribution in [3.8, 4) is 0 Å². The smallest absolute Gasteiger partial charge is 0.343 e. The fourth-order valence-electron chi connectivity index (χ4n) is 3.23. The Morgan fingerprint density at radius 2 is 1.88 bits per heavy atom. The summed E-state index contributed by atoms with van der Waals surface area (Å²) in [7, 11) is -3.27. The van der Waals surface area contributed by atoms with E-state index in [1.165, 1.54) is 9.21 Å². The number of amides is 1. The van der Waals surface area contributed by atoms with Crippen molar-refractivity contribution in [1.29, 1.82) is 0 Å². The molecule has 7 nitrogen and oxygen atoms in total. The van der Waals surface area contributed by atoms with Crippen LogP contribution in [0.3, 0.4) is 0 Å². The third kappa shape index (κ3) is 4.05. The molecule has 0 radical (unpaired) electrons. The van der Waals surface area contributed by atoms with Crippen molar-refractivity contribution >= 4 is 21.9 Å². The van der Waals surface area contributed by atoms with Crippen molar-refractivity contribution in [3.05, 3.63) is 0 Å². The number of sulfonamides is 1. The van der Waals surface area contributed by atoms with Crippen LogP contribution in [0.15, 0.2) is 0 Å². The fraction of sp³-hybridized carbons (Fsp3) is 0.867. The number of carbonyl (C=O) groups excluding carboxylic acids is 1. The van der Waals surface area contributed by atoms with E-state index in [-0.39, 0.29) is 43.6 Å². The number of alkyl halides is 1. The Labute approximate surface area is 141 Å². The average molecular weight is 364 g/mol. The Morgan fingerprint density at radius 3 is 2.38 bits per heavy atom. The third-order valence-electron chi connectivity index (χ3n) is 4.87. The topological polar surface area (TPSA) is 95.0 Å². The molecule has 0 aliphatic carbocycles. The van der Waals surface area contributed by atoms with Gasteiger partial charge in [-0.05, 0) is 19.3 Å². The Morgan fingerprint density at radius 1 is 1.25 bits per heavy atom. The van der Waals surface area contributed by atoms with Gasteiger partial charge in [0.1, 0.15) is 0 Å². The molecule has 2 heterocycles. The van der Waals surface area contributed by atoms with Crippen LogP contribution in [-0.2, 0) is 19.6 Å². The molecule has 0 saturated carbocycles. The van der Waals surface area contributed by atoms with Gasteiger partial charge in [-0.1, -0.05) is 13.3 Å². The molecule has 0 aromatic rings. The van der Waals surface area contributed by atoms with Crippen LogP contribution in [0.5, 0.6) is 0 Å². The predicted octanol–water partition coefficient (Wildman–Crippen LogP) is 0.854. The Kier molecular flexibility index (Phi) is 5.85. The quantitative estimate of drug-likeness (QED) is 0.754. The number of carboxylic acid groups (broad SMARTS) is 1. The largest absolute Gasteiger partial charge is 0.479 e. The number of piperidine rings is 1. The van der Waals surface area contributed by atoms with E-state index in [9.17, 15) is 22.4 Å². The van der Waals surface area contributed by atoms with E-state index >= 15 is 0 Å². The fourth-order valence-corrected chi connectivity index (χ4v) is 4.91. The summed E-state index contributed by atoms with van der Waals surface area (Å²) in [5.41, 5.74) is -2.36. The molecule has 2 fully saturated rings. The zero-order valence-corrected chi connectivity index (χ0v) is 14.7. The third-order valence-corrected chi connectivity index (χ3v) is 6.82. The number of hydrogen-bond donors (Lipinski definition) is 1. The summed E-state index contributed by atoms with van der Waals surface area (Å²) < 4.78 is 39.8. The van der Waals surface area contributed by atoms with Gasteiger partial charge in [0, 0.05) is 32.0 Å². The lowest BCUT2D eigenvalue weighted by Gasteiger charge is -2.32. The predicted molar refractivity (Wildman–Crippen MR) is 85.7 cm³/mol. The molecule has 1 unspecified atom stereocenters. The molecule has 0 aromatic carbocycles. The maximum Gasteiger partial charge on any atom is 0.343 e. The van der Waals surface area contributed by atoms with Gasteiger partial charge in [0.05, 0.1) is 12.3 Å². The average Bonchev–Trinajstić information content (AvgIpc) is 2.96. The summed E-state index contributed by atoms with van der Waals surface area (Å²) in [6.45, 7) is 2.18. The van der Waals surface area contributed by atoms with E-state index in [0.717, 1.165) is 6.42 Å². The summed E-state index contributed by atoms with van der Waals surface area (Å²) in [5, 5.41) is 8.89. The van der Waals surface area contributed by atoms with Gasteiger partial charge in [0.2, 0.25) is 21.6 Å². The van der Waals surface area contributed by atoms with Gasteiger partial charge in [-0.3, -0.25) is 4.79 Å². The Balaban J connectivity index is 1.89. The highest BCUT2D eigenvalue weighted by atomic mass is 32.2. The minimum absolute atomic E-state index is 0.0939. The molecule has 138 valence electrons. The minimum atomic E-state index is -3.27. The van der Waals surface area contributed by atoms with Crippen molar-refractivity contribution in [2.45, 2.75) is 44.7 Å². The number of rotatable bonds is 6. The second-order valence-electron chi connectivity index (χ2n) is 6.62. The molecule has 2 aliphatic heterocycles. The number of aliphatic carboxylic acids is 1. The summed E-state index contributed by atoms with van der Waals surface area (Å²) in [6.07, 6.45) is 2.01. The molecule has 24 heavy (non-hydrogen) atoms. The first-order chi connectivity index (χ1) is 11.2. The summed E-state index contributed by atoms with van der Waals surface area (Å²) in [4.78, 5) is 24.6. The molecule has 2 aliphatic rings. The number of unbranched alkanes of at least 4 members (excludes halogenated alkanes) is 1. The van der Waals surface area contributed by atoms with Crippen molar-refractivity contribution in [1.82, 2.24) is 9.21 Å². The maximum atomic E-state index is 14.1. The number of carboxylic acids is 1. The highest BCUT2D eigenvalue weighted by Gasteiger charge is 2.48. The van der Waals surface area contributed by atoms with Gasteiger partial charge < -0.3 is 10.0 Å². The summed E-state index contributed by atoms with van der Waals surface area (Å²) in [5.74, 6) is -2.04. The molecule has 0 bridgehead atoms. The Hall–Kier alpha value is -1.22. The van der Waals surface area contributed by atoms with E-state index in [4.69, 9.17) is 5.11 Å². The maximum absolute atomic E-state index is 14.1. The first-order valence-corrected chi connectivity index (χ1v) is 9.99. The monoisotopic (exact) mass is 364 g/mol. The van der Waals surface area contributed by atoms with Gasteiger partial charge in [0.15, 0.2) is 0 Å². The van der Waals surface area contributed by atoms with Crippen molar-refractivity contribution in [2.75, 3.05) is 31.9 Å². The first kappa shape index (κ1) is 19.1. The number of nitrogens with zero attached hydrogens (tertiary/aromatic N) is 2. The normalized spacial score (nSPS) is 26.7. The number of likely N-dealkylation sites (tertiary alicyclic amines) is 1. The van der Waals surface area contributed by atoms with E-state index in [1.807, 2.05) is 6.92 Å². The van der Waals surface area contributed by atoms with Gasteiger partial charge in [-0.15, -0.1) is 0 Å². The molecule has 0 aromatic heterocycles. The number of hydrogen-bond acceptors (Lipinski definition) is 4. The lowest BCUT2D eigenvalue weighted by Crippen LogP contribution is -2.45. The van der Waals surface area contributed by atoms with E-state index in [2.05, 4.69) is 0 Å². The van der Waals surface area contributed by atoms with Crippen LogP contribution in [0.25, 0.3) is 0 Å². The van der Waals surface area contributed by atoms with Crippen LogP contribution < -0.4 is 0 Å². The van der Waals surface area contributed by atoms with E-state index in [1.54, 1.807) is 0 Å². The van der Waals surface area contributed by atoms with E-state index < -0.39 is 28.2 Å². The van der Waals surface area contributed by atoms with Crippen molar-refractivity contribution < 1.29 is 27.5 Å². The lowest BCUT2D eigenvalue weighted by molar-refractivity contribution is -0.150. The highest BCUT2D eigenvalue weighted by molar-refractivity contribution is 7.89. The highest BCUT2D eigenvalue weighted by Crippen LogP contribution is 2.29. The number of carbonyl (C=O) groups is 2. The van der Waals surface area contributed by atoms with Gasteiger partial charge in [-0.2, -0.15) is 0 Å². The molecule has 1 N–H and O–H groups in total.